The summed E-state index contributed by atoms with van der Waals surface area (Å²) in [4.78, 5) is 37.5. The first-order valence-corrected chi connectivity index (χ1v) is 16.6. The number of methoxy groups -OCH3 is 1. The zero-order valence-electron chi connectivity index (χ0n) is 28.0. The molecule has 0 saturated heterocycles. The van der Waals surface area contributed by atoms with Gasteiger partial charge in [-0.2, -0.15) is 5.10 Å². The van der Waals surface area contributed by atoms with Crippen LogP contribution in [-0.2, 0) is 20.9 Å². The van der Waals surface area contributed by atoms with Gasteiger partial charge in [0.05, 0.1) is 42.6 Å². The van der Waals surface area contributed by atoms with Crippen LogP contribution < -0.4 is 35.0 Å². The Labute approximate surface area is 297 Å². The third kappa shape index (κ3) is 8.53. The summed E-state index contributed by atoms with van der Waals surface area (Å²) >= 11 is 3.59. The standard InChI is InChI=1S/C37H37BrN4O8/c1-5-47-31-17-23(16-28(38)35(31)50-20-26-12-9-11-24-10-7-8-13-27(24)26)19-39-42-32(43)21-49-29-15-14-25(18-30(29)46-4)34-33(36(44)48-6-2)22(3)40-37(45)41-34/h7-19,34H,5-6,20-21H2,1-4H3,(H,42,43)(H2,40,41,45)/b39-19-/t34-/m1/s1. The summed E-state index contributed by atoms with van der Waals surface area (Å²) in [7, 11) is 1.44. The molecule has 4 aromatic carbocycles. The van der Waals surface area contributed by atoms with E-state index in [-0.39, 0.29) is 24.5 Å². The molecule has 4 aromatic rings. The van der Waals surface area contributed by atoms with E-state index in [1.54, 1.807) is 38.1 Å². The van der Waals surface area contributed by atoms with Crippen molar-refractivity contribution < 1.29 is 38.1 Å². The molecule has 1 aliphatic rings. The van der Waals surface area contributed by atoms with Crippen molar-refractivity contribution in [2.24, 2.45) is 5.10 Å². The second-order valence-electron chi connectivity index (χ2n) is 11.0. The normalized spacial score (nSPS) is 14.2. The lowest BCUT2D eigenvalue weighted by Gasteiger charge is -2.28. The Bertz CT molecular complexity index is 1960. The van der Waals surface area contributed by atoms with Crippen LogP contribution in [0.15, 0.2) is 93.6 Å². The molecule has 1 atom stereocenters. The predicted molar refractivity (Wildman–Crippen MR) is 192 cm³/mol. The fraction of sp³-hybridized carbons (Fsp3) is 0.243. The summed E-state index contributed by atoms with van der Waals surface area (Å²) in [6, 6.07) is 21.5. The number of hydrazone groups is 1. The largest absolute Gasteiger partial charge is 0.493 e. The Hall–Kier alpha value is -5.56. The van der Waals surface area contributed by atoms with Crippen LogP contribution in [0.4, 0.5) is 4.79 Å². The minimum Gasteiger partial charge on any atom is -0.493 e. The van der Waals surface area contributed by atoms with Crippen molar-refractivity contribution in [3.05, 3.63) is 105 Å². The van der Waals surface area contributed by atoms with Crippen molar-refractivity contribution >= 4 is 50.8 Å². The molecule has 12 nitrogen and oxygen atoms in total. The summed E-state index contributed by atoms with van der Waals surface area (Å²) in [6.07, 6.45) is 1.49. The highest BCUT2D eigenvalue weighted by Crippen LogP contribution is 2.38. The van der Waals surface area contributed by atoms with E-state index in [9.17, 15) is 14.4 Å². The van der Waals surface area contributed by atoms with Crippen LogP contribution in [0.5, 0.6) is 23.0 Å². The van der Waals surface area contributed by atoms with Gasteiger partial charge in [0.1, 0.15) is 6.61 Å². The Morgan fingerprint density at radius 1 is 0.940 bits per heavy atom. The van der Waals surface area contributed by atoms with Gasteiger partial charge in [0, 0.05) is 5.70 Å². The van der Waals surface area contributed by atoms with Crippen LogP contribution in [0, 0.1) is 0 Å². The first-order valence-electron chi connectivity index (χ1n) is 15.9. The first kappa shape index (κ1) is 35.7. The minimum atomic E-state index is -0.781. The molecule has 3 N–H and O–H groups in total. The highest BCUT2D eigenvalue weighted by molar-refractivity contribution is 9.10. The van der Waals surface area contributed by atoms with E-state index in [4.69, 9.17) is 23.7 Å². The number of rotatable bonds is 14. The number of carbonyl (C=O) groups excluding carboxylic acids is 3. The number of ether oxygens (including phenoxy) is 5. The van der Waals surface area contributed by atoms with Crippen molar-refractivity contribution in [3.8, 4) is 23.0 Å². The molecule has 5 rings (SSSR count). The number of carbonyl (C=O) groups is 3. The lowest BCUT2D eigenvalue weighted by Crippen LogP contribution is -2.45. The maximum Gasteiger partial charge on any atom is 0.338 e. The monoisotopic (exact) mass is 744 g/mol. The summed E-state index contributed by atoms with van der Waals surface area (Å²) in [5.41, 5.74) is 5.38. The molecule has 0 saturated carbocycles. The highest BCUT2D eigenvalue weighted by atomic mass is 79.9. The third-order valence-corrected chi connectivity index (χ3v) is 8.22. The van der Waals surface area contributed by atoms with Crippen molar-refractivity contribution in [1.82, 2.24) is 16.1 Å². The van der Waals surface area contributed by atoms with E-state index in [1.807, 2.05) is 37.3 Å². The average molecular weight is 746 g/mol. The van der Waals surface area contributed by atoms with Crippen molar-refractivity contribution in [2.75, 3.05) is 26.9 Å². The zero-order chi connectivity index (χ0) is 35.6. The van der Waals surface area contributed by atoms with E-state index in [1.165, 1.54) is 13.3 Å². The fourth-order valence-corrected chi connectivity index (χ4v) is 5.97. The Morgan fingerprint density at radius 2 is 1.74 bits per heavy atom. The van der Waals surface area contributed by atoms with Crippen molar-refractivity contribution in [2.45, 2.75) is 33.4 Å². The number of hydrogen-bond acceptors (Lipinski definition) is 9. The smallest absolute Gasteiger partial charge is 0.338 e. The van der Waals surface area contributed by atoms with Gasteiger partial charge in [-0.25, -0.2) is 15.0 Å². The van der Waals surface area contributed by atoms with Crippen molar-refractivity contribution in [3.63, 3.8) is 0 Å². The van der Waals surface area contributed by atoms with Gasteiger partial charge >= 0.3 is 12.0 Å². The lowest BCUT2D eigenvalue weighted by molar-refractivity contribution is -0.139. The molecule has 1 heterocycles. The second kappa shape index (κ2) is 16.7. The molecular weight excluding hydrogens is 708 g/mol. The van der Waals surface area contributed by atoms with Gasteiger partial charge < -0.3 is 34.3 Å². The van der Waals surface area contributed by atoms with Gasteiger partial charge in [-0.05, 0) is 88.4 Å². The van der Waals surface area contributed by atoms with Crippen LogP contribution in [-0.4, -0.2) is 51.1 Å². The molecule has 50 heavy (non-hydrogen) atoms. The SMILES string of the molecule is CCOC(=O)C1=C(C)NC(=O)N[C@@H]1c1ccc(OCC(=O)N/N=C\c2cc(Br)c(OCc3cccc4ccccc34)c(OCC)c2)c(OC)c1. The van der Waals surface area contributed by atoms with Gasteiger partial charge in [-0.3, -0.25) is 4.79 Å². The molecule has 0 unspecified atom stereocenters. The Kier molecular flexibility index (Phi) is 11.9. The van der Waals surface area contributed by atoms with E-state index in [2.05, 4.69) is 55.3 Å². The number of benzene rings is 4. The number of allylic oxidation sites excluding steroid dienone is 1. The summed E-state index contributed by atoms with van der Waals surface area (Å²) in [5.74, 6) is 0.585. The van der Waals surface area contributed by atoms with Gasteiger partial charge in [-0.15, -0.1) is 0 Å². The maximum atomic E-state index is 12.7. The Morgan fingerprint density at radius 3 is 2.52 bits per heavy atom. The average Bonchev–Trinajstić information content (AvgIpc) is 3.10. The molecule has 0 radical (unpaired) electrons. The minimum absolute atomic E-state index is 0.179. The predicted octanol–water partition coefficient (Wildman–Crippen LogP) is 6.31. The van der Waals surface area contributed by atoms with Gasteiger partial charge in [-0.1, -0.05) is 48.5 Å². The Balaban J connectivity index is 1.21. The highest BCUT2D eigenvalue weighted by Gasteiger charge is 2.32. The van der Waals surface area contributed by atoms with Crippen molar-refractivity contribution in [1.29, 1.82) is 0 Å². The fourth-order valence-electron chi connectivity index (χ4n) is 5.39. The number of fused-ring (bicyclic) bond motifs is 1. The van der Waals surface area contributed by atoms with Gasteiger partial charge in [0.15, 0.2) is 29.6 Å². The molecule has 13 heteroatoms. The number of halogens is 1. The first-order chi connectivity index (χ1) is 24.2. The molecule has 0 bridgehead atoms. The molecule has 3 amide bonds. The number of nitrogens with zero attached hydrogens (tertiary/aromatic N) is 1. The summed E-state index contributed by atoms with van der Waals surface area (Å²) in [5, 5.41) is 11.7. The number of nitrogens with one attached hydrogen (secondary N) is 3. The topological polar surface area (TPSA) is 146 Å². The second-order valence-corrected chi connectivity index (χ2v) is 11.8. The van der Waals surface area contributed by atoms with Crippen LogP contribution in [0.3, 0.4) is 0 Å². The quantitative estimate of drug-likeness (QED) is 0.0774. The van der Waals surface area contributed by atoms with E-state index >= 15 is 0 Å². The van der Waals surface area contributed by atoms with Gasteiger partial charge in [0.25, 0.3) is 5.91 Å². The third-order valence-electron chi connectivity index (χ3n) is 7.63. The summed E-state index contributed by atoms with van der Waals surface area (Å²) in [6.45, 7) is 5.80. The molecule has 0 aromatic heterocycles. The molecule has 260 valence electrons. The van der Waals surface area contributed by atoms with Crippen LogP contribution >= 0.6 is 15.9 Å². The number of urea groups is 1. The molecule has 0 spiro atoms. The van der Waals surface area contributed by atoms with Crippen LogP contribution in [0.1, 0.15) is 43.5 Å². The van der Waals surface area contributed by atoms with Crippen LogP contribution in [0.2, 0.25) is 0 Å². The molecular formula is C37H37BrN4O8. The lowest BCUT2D eigenvalue weighted by atomic mass is 9.95. The molecule has 0 fully saturated rings. The molecule has 1 aliphatic heterocycles. The summed E-state index contributed by atoms with van der Waals surface area (Å²) < 4.78 is 29.2. The van der Waals surface area contributed by atoms with Crippen LogP contribution in [0.25, 0.3) is 10.8 Å². The van der Waals surface area contributed by atoms with E-state index in [0.717, 1.165) is 16.3 Å². The number of esters is 1. The van der Waals surface area contributed by atoms with E-state index < -0.39 is 23.9 Å². The van der Waals surface area contributed by atoms with Gasteiger partial charge in [0.2, 0.25) is 0 Å². The molecule has 0 aliphatic carbocycles. The maximum absolute atomic E-state index is 12.7. The zero-order valence-corrected chi connectivity index (χ0v) is 29.6. The number of amides is 3. The van der Waals surface area contributed by atoms with E-state index in [0.29, 0.717) is 51.8 Å². The number of hydrogen-bond donors (Lipinski definition) is 3.